The van der Waals surface area contributed by atoms with Crippen LogP contribution in [0.4, 0.5) is 17.1 Å². The second-order valence-corrected chi connectivity index (χ2v) is 12.8. The van der Waals surface area contributed by atoms with Crippen LogP contribution in [0.3, 0.4) is 0 Å². The summed E-state index contributed by atoms with van der Waals surface area (Å²) >= 11 is 1.49. The molecule has 2 N–H and O–H groups in total. The molecule has 0 radical (unpaired) electrons. The highest BCUT2D eigenvalue weighted by Gasteiger charge is 2.32. The number of methoxy groups -OCH3 is 1. The molecule has 1 saturated heterocycles. The average molecular weight is 643 g/mol. The number of carbonyl (C=O) groups excluding carboxylic acids is 3. The number of carbonyl (C=O) groups is 3. The fourth-order valence-corrected chi connectivity index (χ4v) is 6.85. The van der Waals surface area contributed by atoms with Gasteiger partial charge in [-0.3, -0.25) is 19.4 Å². The van der Waals surface area contributed by atoms with E-state index in [9.17, 15) is 14.4 Å². The van der Waals surface area contributed by atoms with E-state index in [4.69, 9.17) is 9.47 Å². The average Bonchev–Trinajstić information content (AvgIpc) is 3.76. The van der Waals surface area contributed by atoms with E-state index >= 15 is 0 Å². The van der Waals surface area contributed by atoms with Crippen LogP contribution in [-0.4, -0.2) is 78.7 Å². The van der Waals surface area contributed by atoms with Crippen molar-refractivity contribution in [2.45, 2.75) is 38.3 Å². The highest BCUT2D eigenvalue weighted by atomic mass is 32.1. The lowest BCUT2D eigenvalue weighted by Gasteiger charge is -2.20. The Morgan fingerprint density at radius 1 is 1.11 bits per heavy atom. The Morgan fingerprint density at radius 2 is 1.96 bits per heavy atom. The molecule has 4 heterocycles. The minimum Gasteiger partial charge on any atom is -0.493 e. The van der Waals surface area contributed by atoms with Gasteiger partial charge in [-0.25, -0.2) is 0 Å². The smallest absolute Gasteiger partial charge is 0.263 e. The van der Waals surface area contributed by atoms with Crippen molar-refractivity contribution in [3.63, 3.8) is 0 Å². The number of aromatic nitrogens is 1. The van der Waals surface area contributed by atoms with Crippen molar-refractivity contribution in [3.8, 4) is 11.5 Å². The highest BCUT2D eigenvalue weighted by Crippen LogP contribution is 2.38. The maximum atomic E-state index is 13.1. The summed E-state index contributed by atoms with van der Waals surface area (Å²) in [5.41, 5.74) is 3.76. The third kappa shape index (κ3) is 6.57. The molecule has 2 aromatic heterocycles. The van der Waals surface area contributed by atoms with E-state index in [1.165, 1.54) is 11.3 Å². The minimum absolute atomic E-state index is 0.000721. The molecule has 12 heteroatoms. The second kappa shape index (κ2) is 13.3. The molecular weight excluding hydrogens is 604 g/mol. The number of anilines is 2. The molecule has 0 spiro atoms. The zero-order valence-electron chi connectivity index (χ0n) is 26.5. The number of nitrogens with one attached hydrogen (secondary N) is 2. The van der Waals surface area contributed by atoms with Gasteiger partial charge >= 0.3 is 0 Å². The number of thiophene rings is 1. The Labute approximate surface area is 271 Å². The minimum atomic E-state index is -0.107. The van der Waals surface area contributed by atoms with E-state index in [-0.39, 0.29) is 30.2 Å². The summed E-state index contributed by atoms with van der Waals surface area (Å²) in [7, 11) is 6.99. The molecule has 3 amide bonds. The number of benzene rings is 2. The first-order valence-electron chi connectivity index (χ1n) is 15.3. The molecule has 6 rings (SSSR count). The van der Waals surface area contributed by atoms with E-state index in [1.54, 1.807) is 38.2 Å². The number of ether oxygens (including phenoxy) is 2. The highest BCUT2D eigenvalue weighted by molar-refractivity contribution is 7.20. The fourth-order valence-electron chi connectivity index (χ4n) is 5.78. The van der Waals surface area contributed by atoms with Crippen LogP contribution in [-0.2, 0) is 18.4 Å². The zero-order chi connectivity index (χ0) is 32.4. The summed E-state index contributed by atoms with van der Waals surface area (Å²) in [5, 5.41) is 7.44. The Kier molecular flexibility index (Phi) is 8.98. The normalized spacial score (nSPS) is 15.3. The quantitative estimate of drug-likeness (QED) is 0.203. The summed E-state index contributed by atoms with van der Waals surface area (Å²) in [5.74, 6) is 0.818. The molecule has 0 saturated carbocycles. The molecule has 2 aliphatic heterocycles. The first-order valence-corrected chi connectivity index (χ1v) is 16.2. The number of rotatable bonds is 11. The fraction of sp³-hybridized carbons (Fsp3) is 0.353. The predicted molar refractivity (Wildman–Crippen MR) is 181 cm³/mol. The molecule has 11 nitrogen and oxygen atoms in total. The lowest BCUT2D eigenvalue weighted by Crippen LogP contribution is -2.35. The molecule has 2 aromatic carbocycles. The summed E-state index contributed by atoms with van der Waals surface area (Å²) in [6.45, 7) is 1.60. The summed E-state index contributed by atoms with van der Waals surface area (Å²) < 4.78 is 14.5. The molecule has 240 valence electrons. The topological polar surface area (TPSA) is 117 Å². The van der Waals surface area contributed by atoms with Gasteiger partial charge in [0.15, 0.2) is 11.5 Å². The predicted octanol–water partition coefficient (Wildman–Crippen LogP) is 5.68. The van der Waals surface area contributed by atoms with E-state index < -0.39 is 0 Å². The molecule has 0 aliphatic carbocycles. The lowest BCUT2D eigenvalue weighted by molar-refractivity contribution is -0.116. The molecule has 0 bridgehead atoms. The lowest BCUT2D eigenvalue weighted by atomic mass is 10.1. The van der Waals surface area contributed by atoms with Crippen LogP contribution in [0.2, 0.25) is 0 Å². The van der Waals surface area contributed by atoms with Crippen molar-refractivity contribution in [2.24, 2.45) is 12.0 Å². The van der Waals surface area contributed by atoms with E-state index in [2.05, 4.69) is 15.6 Å². The van der Waals surface area contributed by atoms with Gasteiger partial charge in [0, 0.05) is 68.7 Å². The van der Waals surface area contributed by atoms with Crippen molar-refractivity contribution < 1.29 is 23.9 Å². The Balaban J connectivity index is 0.997. The maximum absolute atomic E-state index is 13.1. The Hall–Kier alpha value is -4.84. The first kappa shape index (κ1) is 31.2. The van der Waals surface area contributed by atoms with E-state index in [0.29, 0.717) is 47.2 Å². The van der Waals surface area contributed by atoms with E-state index in [1.807, 2.05) is 59.3 Å². The largest absolute Gasteiger partial charge is 0.493 e. The third-order valence-electron chi connectivity index (χ3n) is 8.26. The number of hydrogen-bond donors (Lipinski definition) is 2. The molecule has 1 atom stereocenters. The van der Waals surface area contributed by atoms with Gasteiger partial charge in [-0.05, 0) is 61.0 Å². The maximum Gasteiger partial charge on any atom is 0.263 e. The number of fused-ring (bicyclic) bond motifs is 3. The van der Waals surface area contributed by atoms with Crippen molar-refractivity contribution >= 4 is 62.4 Å². The number of amides is 3. The van der Waals surface area contributed by atoms with Crippen molar-refractivity contribution in [1.29, 1.82) is 0 Å². The van der Waals surface area contributed by atoms with Crippen LogP contribution in [0.15, 0.2) is 53.7 Å². The van der Waals surface area contributed by atoms with Crippen LogP contribution in [0.5, 0.6) is 11.5 Å². The monoisotopic (exact) mass is 642 g/mol. The zero-order valence-corrected chi connectivity index (χ0v) is 27.3. The van der Waals surface area contributed by atoms with Gasteiger partial charge < -0.3 is 34.5 Å². The number of hydrogen-bond acceptors (Lipinski definition) is 8. The first-order chi connectivity index (χ1) is 22.2. The van der Waals surface area contributed by atoms with E-state index in [0.717, 1.165) is 46.5 Å². The van der Waals surface area contributed by atoms with Crippen LogP contribution in [0.1, 0.15) is 51.4 Å². The van der Waals surface area contributed by atoms with Crippen molar-refractivity contribution in [1.82, 2.24) is 14.4 Å². The van der Waals surface area contributed by atoms with Crippen LogP contribution in [0, 0.1) is 0 Å². The summed E-state index contributed by atoms with van der Waals surface area (Å²) in [6, 6.07) is 13.4. The van der Waals surface area contributed by atoms with Crippen LogP contribution < -0.4 is 20.1 Å². The molecular formula is C34H38N6O5S. The van der Waals surface area contributed by atoms with Gasteiger partial charge in [0.1, 0.15) is 0 Å². The van der Waals surface area contributed by atoms with Gasteiger partial charge in [-0.1, -0.05) is 0 Å². The number of nitrogens with zero attached hydrogens (tertiary/aromatic N) is 4. The van der Waals surface area contributed by atoms with Crippen LogP contribution in [0.25, 0.3) is 10.1 Å². The van der Waals surface area contributed by atoms with Gasteiger partial charge in [-0.2, -0.15) is 0 Å². The van der Waals surface area contributed by atoms with Crippen LogP contribution >= 0.6 is 11.3 Å². The Morgan fingerprint density at radius 3 is 2.76 bits per heavy atom. The molecule has 46 heavy (non-hydrogen) atoms. The summed E-state index contributed by atoms with van der Waals surface area (Å²) in [4.78, 5) is 46.9. The van der Waals surface area contributed by atoms with Gasteiger partial charge in [0.2, 0.25) is 5.91 Å². The Bertz CT molecular complexity index is 1830. The third-order valence-corrected chi connectivity index (χ3v) is 9.37. The van der Waals surface area contributed by atoms with Gasteiger partial charge in [0.25, 0.3) is 11.8 Å². The molecule has 4 aromatic rings. The molecule has 2 aliphatic rings. The SMILES string of the molecule is COc1cc2c(cc1OCCCC(=O)Nc1cc(CNc3ccc4sc(C(=O)N(C)C)cc4c3)n(C)c1)N=C[C@@H]1CCCN1C2=O. The number of aryl methyl sites for hydroxylation is 1. The van der Waals surface area contributed by atoms with Crippen molar-refractivity contribution in [2.75, 3.05) is 45.0 Å². The summed E-state index contributed by atoms with van der Waals surface area (Å²) in [6.07, 6.45) is 6.41. The second-order valence-electron chi connectivity index (χ2n) is 11.8. The van der Waals surface area contributed by atoms with Crippen molar-refractivity contribution in [3.05, 3.63) is 64.8 Å². The number of aliphatic imine (C=N–C) groups is 1. The molecule has 0 unspecified atom stereocenters. The molecule has 1 fully saturated rings. The standard InChI is InChI=1S/C34H38N6O5S/c1-38(2)34(43)31-14-21-13-22(9-10-30(21)46-31)35-19-25-15-23(20-39(25)3)37-32(41)8-6-12-45-29-17-27-26(16-28(29)44-4)33(42)40-11-5-7-24(40)18-36-27/h9-10,13-18,20,24,35H,5-8,11-12,19H2,1-4H3,(H,37,41)/t24-/m0/s1. The van der Waals surface area contributed by atoms with Gasteiger partial charge in [-0.15, -0.1) is 11.3 Å². The van der Waals surface area contributed by atoms with Gasteiger partial charge in [0.05, 0.1) is 48.1 Å².